The van der Waals surface area contributed by atoms with E-state index in [2.05, 4.69) is 0 Å². The predicted molar refractivity (Wildman–Crippen MR) is 136 cm³/mol. The molecule has 3 aromatic carbocycles. The Labute approximate surface area is 224 Å². The van der Waals surface area contributed by atoms with Gasteiger partial charge in [0.2, 0.25) is 12.5 Å². The van der Waals surface area contributed by atoms with Crippen LogP contribution in [0.25, 0.3) is 0 Å². The highest BCUT2D eigenvalue weighted by Crippen LogP contribution is 2.72. The van der Waals surface area contributed by atoms with Crippen molar-refractivity contribution in [3.05, 3.63) is 71.3 Å². The van der Waals surface area contributed by atoms with E-state index in [1.165, 1.54) is 28.4 Å². The highest BCUT2D eigenvalue weighted by molar-refractivity contribution is 5.79. The van der Waals surface area contributed by atoms with Crippen LogP contribution < -0.4 is 28.4 Å². The number of carbonyl (C=O) groups excluding carboxylic acids is 1. The maximum atomic E-state index is 13.4. The Hall–Kier alpha value is -4.15. The number of ether oxygens (including phenoxy) is 7. The van der Waals surface area contributed by atoms with Crippen molar-refractivity contribution in [2.24, 2.45) is 5.92 Å². The van der Waals surface area contributed by atoms with Gasteiger partial charge < -0.3 is 43.4 Å². The minimum absolute atomic E-state index is 0.0478. The molecule has 0 bridgehead atoms. The maximum Gasteiger partial charge on any atom is 0.312 e. The van der Waals surface area contributed by atoms with Crippen molar-refractivity contribution in [1.82, 2.24) is 0 Å². The van der Waals surface area contributed by atoms with E-state index in [0.717, 1.165) is 0 Å². The molecule has 3 aliphatic rings. The molecule has 204 valence electrons. The predicted octanol–water partition coefficient (Wildman–Crippen LogP) is 2.86. The number of hydrogen-bond donors (Lipinski definition) is 2. The topological polar surface area (TPSA) is 122 Å². The number of methoxy groups -OCH3 is 4. The SMILES string of the molecule is COC(=O)C1C(O)C2(O)c3c(cc4c(c3OC)OCO4)OC2(c2ccc(OC)c(OC)c2)C1c1ccccc1. The Morgan fingerprint density at radius 1 is 0.923 bits per heavy atom. The van der Waals surface area contributed by atoms with Crippen LogP contribution in [0.1, 0.15) is 22.6 Å². The van der Waals surface area contributed by atoms with Crippen LogP contribution in [0.15, 0.2) is 54.6 Å². The molecule has 0 amide bonds. The second-order valence-electron chi connectivity index (χ2n) is 9.57. The van der Waals surface area contributed by atoms with Crippen LogP contribution in [0.3, 0.4) is 0 Å². The summed E-state index contributed by atoms with van der Waals surface area (Å²) in [7, 11) is 5.67. The molecule has 3 aromatic rings. The van der Waals surface area contributed by atoms with Crippen LogP contribution >= 0.6 is 0 Å². The molecule has 5 unspecified atom stereocenters. The summed E-state index contributed by atoms with van der Waals surface area (Å²) in [4.78, 5) is 13.4. The number of rotatable bonds is 6. The molecule has 10 nitrogen and oxygen atoms in total. The summed E-state index contributed by atoms with van der Waals surface area (Å²) < 4.78 is 40.0. The number of fused-ring (bicyclic) bond motifs is 4. The van der Waals surface area contributed by atoms with E-state index in [4.69, 9.17) is 33.2 Å². The molecule has 2 aliphatic heterocycles. The van der Waals surface area contributed by atoms with E-state index >= 15 is 0 Å². The summed E-state index contributed by atoms with van der Waals surface area (Å²) in [5.74, 6) is -1.03. The van der Waals surface area contributed by atoms with Gasteiger partial charge in [-0.15, -0.1) is 0 Å². The Bertz CT molecular complexity index is 1440. The van der Waals surface area contributed by atoms with E-state index in [9.17, 15) is 15.0 Å². The van der Waals surface area contributed by atoms with E-state index in [0.29, 0.717) is 28.4 Å². The van der Waals surface area contributed by atoms with Crippen molar-refractivity contribution in [3.63, 3.8) is 0 Å². The van der Waals surface area contributed by atoms with Crippen LogP contribution in [-0.4, -0.2) is 57.5 Å². The average molecular weight is 537 g/mol. The molecule has 10 heteroatoms. The molecule has 2 heterocycles. The summed E-state index contributed by atoms with van der Waals surface area (Å²) in [6.07, 6.45) is -1.68. The number of hydrogen-bond acceptors (Lipinski definition) is 10. The van der Waals surface area contributed by atoms with Crippen molar-refractivity contribution in [2.45, 2.75) is 23.2 Å². The molecular formula is C29H28O10. The minimum atomic E-state index is -2.21. The van der Waals surface area contributed by atoms with Gasteiger partial charge in [-0.2, -0.15) is 0 Å². The van der Waals surface area contributed by atoms with Gasteiger partial charge in [-0.25, -0.2) is 0 Å². The zero-order chi connectivity index (χ0) is 27.5. The maximum absolute atomic E-state index is 13.4. The largest absolute Gasteiger partial charge is 0.493 e. The molecule has 0 saturated heterocycles. The Kier molecular flexibility index (Phi) is 5.78. The first kappa shape index (κ1) is 25.1. The van der Waals surface area contributed by atoms with Gasteiger partial charge in [-0.1, -0.05) is 36.4 Å². The lowest BCUT2D eigenvalue weighted by molar-refractivity contribution is -0.161. The fourth-order valence-electron chi connectivity index (χ4n) is 6.46. The van der Waals surface area contributed by atoms with Gasteiger partial charge in [0.1, 0.15) is 11.9 Å². The fraction of sp³-hybridized carbons (Fsp3) is 0.345. The first-order valence-corrected chi connectivity index (χ1v) is 12.3. The van der Waals surface area contributed by atoms with Crippen LogP contribution in [0.2, 0.25) is 0 Å². The lowest BCUT2D eigenvalue weighted by Gasteiger charge is -2.41. The molecule has 39 heavy (non-hydrogen) atoms. The molecule has 1 aliphatic carbocycles. The van der Waals surface area contributed by atoms with Crippen LogP contribution in [0.5, 0.6) is 34.5 Å². The molecule has 2 N–H and O–H groups in total. The molecule has 0 spiro atoms. The van der Waals surface area contributed by atoms with Crippen molar-refractivity contribution in [3.8, 4) is 34.5 Å². The quantitative estimate of drug-likeness (QED) is 0.455. The first-order valence-electron chi connectivity index (χ1n) is 12.3. The van der Waals surface area contributed by atoms with Gasteiger partial charge in [-0.3, -0.25) is 4.79 Å². The number of aliphatic hydroxyl groups excluding tert-OH is 1. The molecular weight excluding hydrogens is 508 g/mol. The highest BCUT2D eigenvalue weighted by atomic mass is 16.7. The van der Waals surface area contributed by atoms with Crippen molar-refractivity contribution < 1.29 is 48.2 Å². The minimum Gasteiger partial charge on any atom is -0.493 e. The van der Waals surface area contributed by atoms with Gasteiger partial charge in [0.15, 0.2) is 34.2 Å². The fourth-order valence-corrected chi connectivity index (χ4v) is 6.46. The van der Waals surface area contributed by atoms with Gasteiger partial charge in [0.25, 0.3) is 0 Å². The Morgan fingerprint density at radius 2 is 1.67 bits per heavy atom. The van der Waals surface area contributed by atoms with Gasteiger partial charge in [-0.05, 0) is 17.7 Å². The van der Waals surface area contributed by atoms with Gasteiger partial charge in [0, 0.05) is 17.5 Å². The van der Waals surface area contributed by atoms with Crippen LogP contribution in [-0.2, 0) is 20.7 Å². The average Bonchev–Trinajstić information content (AvgIpc) is 3.60. The van der Waals surface area contributed by atoms with E-state index in [1.54, 1.807) is 24.3 Å². The zero-order valence-corrected chi connectivity index (χ0v) is 21.8. The van der Waals surface area contributed by atoms with Crippen molar-refractivity contribution in [2.75, 3.05) is 35.2 Å². The molecule has 0 radical (unpaired) electrons. The summed E-state index contributed by atoms with van der Waals surface area (Å²) in [6.45, 7) is -0.0478. The van der Waals surface area contributed by atoms with Crippen LogP contribution in [0, 0.1) is 5.92 Å². The standard InChI is InChI=1S/C29H28O10/c1-33-17-11-10-16(12-18(17)34-2)29-22(15-8-6-5-7-9-15)21(27(31)36-4)26(30)28(29,32)23-19(39-29)13-20-24(25(23)35-3)38-14-37-20/h5-13,21-22,26,30,32H,14H2,1-4H3. The van der Waals surface area contributed by atoms with E-state index < -0.39 is 35.1 Å². The number of esters is 1. The lowest BCUT2D eigenvalue weighted by atomic mass is 9.70. The second-order valence-corrected chi connectivity index (χ2v) is 9.57. The zero-order valence-electron chi connectivity index (χ0n) is 21.8. The first-order chi connectivity index (χ1) is 18.9. The Morgan fingerprint density at radius 3 is 2.33 bits per heavy atom. The van der Waals surface area contributed by atoms with Crippen molar-refractivity contribution in [1.29, 1.82) is 0 Å². The monoisotopic (exact) mass is 536 g/mol. The normalized spacial score (nSPS) is 27.8. The second kappa shape index (κ2) is 8.96. The highest BCUT2D eigenvalue weighted by Gasteiger charge is 2.78. The third-order valence-electron chi connectivity index (χ3n) is 8.02. The summed E-state index contributed by atoms with van der Waals surface area (Å²) >= 11 is 0. The third kappa shape index (κ3) is 3.12. The number of aliphatic hydroxyl groups is 2. The lowest BCUT2D eigenvalue weighted by Crippen LogP contribution is -2.52. The molecule has 1 fully saturated rings. The molecule has 1 saturated carbocycles. The molecule has 5 atom stereocenters. The summed E-state index contributed by atoms with van der Waals surface area (Å²) in [6, 6.07) is 15.8. The summed E-state index contributed by atoms with van der Waals surface area (Å²) in [5.41, 5.74) is -2.75. The summed E-state index contributed by atoms with van der Waals surface area (Å²) in [5, 5.41) is 24.9. The van der Waals surface area contributed by atoms with Gasteiger partial charge >= 0.3 is 5.97 Å². The smallest absolute Gasteiger partial charge is 0.312 e. The van der Waals surface area contributed by atoms with Gasteiger partial charge in [0.05, 0.1) is 39.9 Å². The number of benzene rings is 3. The Balaban J connectivity index is 1.72. The number of carbonyl (C=O) groups is 1. The third-order valence-corrected chi connectivity index (χ3v) is 8.02. The van der Waals surface area contributed by atoms with E-state index in [1.807, 2.05) is 30.3 Å². The molecule has 0 aromatic heterocycles. The molecule has 6 rings (SSSR count). The van der Waals surface area contributed by atoms with Crippen molar-refractivity contribution >= 4 is 5.97 Å². The van der Waals surface area contributed by atoms with E-state index in [-0.39, 0.29) is 29.6 Å². The van der Waals surface area contributed by atoms with Crippen LogP contribution in [0.4, 0.5) is 0 Å².